The molecule has 0 radical (unpaired) electrons. The summed E-state index contributed by atoms with van der Waals surface area (Å²) in [5.41, 5.74) is 0. The molecule has 0 atom stereocenters. The second kappa shape index (κ2) is 6.47. The van der Waals surface area contributed by atoms with Crippen LogP contribution in [0.3, 0.4) is 0 Å². The van der Waals surface area contributed by atoms with E-state index in [2.05, 4.69) is 29.2 Å². The summed E-state index contributed by atoms with van der Waals surface area (Å²) in [5, 5.41) is 0. The first kappa shape index (κ1) is 11.1. The minimum atomic E-state index is 0.548. The van der Waals surface area contributed by atoms with Crippen LogP contribution < -0.4 is 0 Å². The van der Waals surface area contributed by atoms with Crippen LogP contribution in [0.2, 0.25) is 0 Å². The lowest BCUT2D eigenvalue weighted by Crippen LogP contribution is -2.31. The van der Waals surface area contributed by atoms with Gasteiger partial charge >= 0.3 is 0 Å². The van der Waals surface area contributed by atoms with Crippen LogP contribution >= 0.6 is 23.2 Å². The van der Waals surface area contributed by atoms with Crippen molar-refractivity contribution in [3.8, 4) is 0 Å². The molecule has 0 saturated carbocycles. The van der Waals surface area contributed by atoms with Crippen LogP contribution in [0.25, 0.3) is 0 Å². The molecule has 0 unspecified atom stereocenters. The van der Waals surface area contributed by atoms with Crippen LogP contribution in [0.15, 0.2) is 24.3 Å². The van der Waals surface area contributed by atoms with Crippen molar-refractivity contribution in [3.63, 3.8) is 0 Å². The van der Waals surface area contributed by atoms with Gasteiger partial charge in [-0.25, -0.2) is 0 Å². The molecule has 1 rings (SSSR count). The van der Waals surface area contributed by atoms with Gasteiger partial charge in [0.1, 0.15) is 0 Å². The van der Waals surface area contributed by atoms with Gasteiger partial charge in [-0.15, -0.1) is 23.2 Å². The molecule has 1 nitrogen and oxygen atoms in total. The summed E-state index contributed by atoms with van der Waals surface area (Å²) in [6.07, 6.45) is 8.58. The first-order valence-electron chi connectivity index (χ1n) is 4.56. The maximum absolute atomic E-state index is 5.70. The highest BCUT2D eigenvalue weighted by atomic mass is 35.5. The third-order valence-electron chi connectivity index (χ3n) is 2.10. The molecule has 0 aromatic heterocycles. The Balaban J connectivity index is 2.28. The summed E-state index contributed by atoms with van der Waals surface area (Å²) in [4.78, 5) is 2.30. The van der Waals surface area contributed by atoms with Crippen molar-refractivity contribution >= 4 is 23.2 Å². The molecule has 0 aromatic carbocycles. The fourth-order valence-corrected chi connectivity index (χ4v) is 1.91. The van der Waals surface area contributed by atoms with Gasteiger partial charge in [0, 0.05) is 37.3 Å². The Hall–Kier alpha value is 0.0200. The number of alkyl halides is 2. The molecule has 0 saturated heterocycles. The molecule has 13 heavy (non-hydrogen) atoms. The molecule has 0 N–H and O–H groups in total. The summed E-state index contributed by atoms with van der Waals surface area (Å²) in [6, 6.07) is 0. The Kier molecular flexibility index (Phi) is 5.52. The van der Waals surface area contributed by atoms with Crippen molar-refractivity contribution in [1.29, 1.82) is 0 Å². The zero-order valence-corrected chi connectivity index (χ0v) is 9.14. The Morgan fingerprint density at radius 3 is 2.00 bits per heavy atom. The second-order valence-corrected chi connectivity index (χ2v) is 3.87. The Bertz CT molecular complexity index is 171. The van der Waals surface area contributed by atoms with Crippen molar-refractivity contribution in [2.75, 3.05) is 31.4 Å². The number of nitrogens with zero attached hydrogens (tertiary/aromatic N) is 1. The molecule has 0 heterocycles. The van der Waals surface area contributed by atoms with Gasteiger partial charge in [0.2, 0.25) is 0 Å². The Morgan fingerprint density at radius 1 is 1.00 bits per heavy atom. The van der Waals surface area contributed by atoms with Crippen LogP contribution in [0, 0.1) is 5.92 Å². The summed E-state index contributed by atoms with van der Waals surface area (Å²) in [7, 11) is 0. The lowest BCUT2D eigenvalue weighted by atomic mass is 10.1. The molecule has 74 valence electrons. The van der Waals surface area contributed by atoms with Gasteiger partial charge < -0.3 is 4.90 Å². The minimum absolute atomic E-state index is 0.548. The lowest BCUT2D eigenvalue weighted by molar-refractivity contribution is 0.293. The van der Waals surface area contributed by atoms with Crippen molar-refractivity contribution < 1.29 is 0 Å². The summed E-state index contributed by atoms with van der Waals surface area (Å²) >= 11 is 11.4. The average Bonchev–Trinajstić information content (AvgIpc) is 2.58. The molecule has 3 heteroatoms. The largest absolute Gasteiger partial charge is 0.300 e. The predicted octanol–water partition coefficient (Wildman–Crippen LogP) is 2.51. The molecule has 1 aliphatic rings. The number of allylic oxidation sites excluding steroid dienone is 2. The van der Waals surface area contributed by atoms with Crippen LogP contribution in [0.4, 0.5) is 0 Å². The first-order chi connectivity index (χ1) is 6.36. The third-order valence-corrected chi connectivity index (χ3v) is 2.44. The van der Waals surface area contributed by atoms with E-state index in [1.54, 1.807) is 0 Å². The molecule has 0 aliphatic heterocycles. The van der Waals surface area contributed by atoms with E-state index in [4.69, 9.17) is 23.2 Å². The van der Waals surface area contributed by atoms with Gasteiger partial charge in [0.05, 0.1) is 0 Å². The van der Waals surface area contributed by atoms with E-state index in [-0.39, 0.29) is 0 Å². The van der Waals surface area contributed by atoms with Crippen LogP contribution in [0.5, 0.6) is 0 Å². The van der Waals surface area contributed by atoms with Crippen LogP contribution in [-0.4, -0.2) is 36.3 Å². The molecule has 1 aliphatic carbocycles. The van der Waals surface area contributed by atoms with Gasteiger partial charge in [0.25, 0.3) is 0 Å². The van der Waals surface area contributed by atoms with E-state index in [9.17, 15) is 0 Å². The van der Waals surface area contributed by atoms with Crippen molar-refractivity contribution in [3.05, 3.63) is 24.3 Å². The fraction of sp³-hybridized carbons (Fsp3) is 0.600. The number of hydrogen-bond donors (Lipinski definition) is 0. The van der Waals surface area contributed by atoms with Gasteiger partial charge in [-0.3, -0.25) is 0 Å². The van der Waals surface area contributed by atoms with Gasteiger partial charge in [0.15, 0.2) is 0 Å². The fourth-order valence-electron chi connectivity index (χ4n) is 1.43. The molecule has 0 bridgehead atoms. The quantitative estimate of drug-likeness (QED) is 0.621. The molecule has 0 aromatic rings. The highest BCUT2D eigenvalue weighted by Gasteiger charge is 2.09. The van der Waals surface area contributed by atoms with Crippen LogP contribution in [-0.2, 0) is 0 Å². The highest BCUT2D eigenvalue weighted by Crippen LogP contribution is 2.10. The van der Waals surface area contributed by atoms with Crippen molar-refractivity contribution in [2.45, 2.75) is 0 Å². The standard InChI is InChI=1S/C10H15Cl2N/c11-5-7-13(8-6-12)9-10-3-1-2-4-10/h1-4,10H,5-9H2. The minimum Gasteiger partial charge on any atom is -0.300 e. The van der Waals surface area contributed by atoms with E-state index < -0.39 is 0 Å². The smallest absolute Gasteiger partial charge is 0.0351 e. The Morgan fingerprint density at radius 2 is 1.54 bits per heavy atom. The van der Waals surface area contributed by atoms with Crippen LogP contribution in [0.1, 0.15) is 0 Å². The van der Waals surface area contributed by atoms with E-state index in [0.29, 0.717) is 17.7 Å². The van der Waals surface area contributed by atoms with Crippen molar-refractivity contribution in [1.82, 2.24) is 4.90 Å². The summed E-state index contributed by atoms with van der Waals surface area (Å²) < 4.78 is 0. The zero-order chi connectivity index (χ0) is 9.52. The normalized spacial score (nSPS) is 16.2. The Labute approximate surface area is 90.0 Å². The summed E-state index contributed by atoms with van der Waals surface area (Å²) in [5.74, 6) is 1.90. The van der Waals surface area contributed by atoms with E-state index in [1.807, 2.05) is 0 Å². The van der Waals surface area contributed by atoms with E-state index >= 15 is 0 Å². The molecular formula is C10H15Cl2N. The lowest BCUT2D eigenvalue weighted by Gasteiger charge is -2.21. The average molecular weight is 220 g/mol. The SMILES string of the molecule is ClCCN(CCCl)CC1C=CC=C1. The van der Waals surface area contributed by atoms with Gasteiger partial charge in [-0.05, 0) is 0 Å². The number of rotatable bonds is 6. The predicted molar refractivity (Wildman–Crippen MR) is 59.7 cm³/mol. The number of hydrogen-bond acceptors (Lipinski definition) is 1. The maximum Gasteiger partial charge on any atom is 0.0351 e. The molecule has 0 spiro atoms. The topological polar surface area (TPSA) is 3.24 Å². The highest BCUT2D eigenvalue weighted by molar-refractivity contribution is 6.18. The zero-order valence-electron chi connectivity index (χ0n) is 7.63. The maximum atomic E-state index is 5.70. The monoisotopic (exact) mass is 219 g/mol. The third kappa shape index (κ3) is 4.17. The molecular weight excluding hydrogens is 205 g/mol. The van der Waals surface area contributed by atoms with E-state index in [0.717, 1.165) is 19.6 Å². The first-order valence-corrected chi connectivity index (χ1v) is 5.63. The number of halogens is 2. The molecule has 0 amide bonds. The van der Waals surface area contributed by atoms with E-state index in [1.165, 1.54) is 0 Å². The van der Waals surface area contributed by atoms with Crippen molar-refractivity contribution in [2.24, 2.45) is 5.92 Å². The molecule has 0 fully saturated rings. The second-order valence-electron chi connectivity index (χ2n) is 3.11. The van der Waals surface area contributed by atoms with Gasteiger partial charge in [-0.2, -0.15) is 0 Å². The van der Waals surface area contributed by atoms with Gasteiger partial charge in [-0.1, -0.05) is 24.3 Å². The summed E-state index contributed by atoms with van der Waals surface area (Å²) in [6.45, 7) is 2.88.